The zero-order chi connectivity index (χ0) is 18.0. The number of nitrogens with one attached hydrogen (secondary N) is 1. The molecular weight excluding hydrogens is 368 g/mol. The van der Waals surface area contributed by atoms with Crippen LogP contribution in [-0.4, -0.2) is 48.8 Å². The molecule has 2 heterocycles. The summed E-state index contributed by atoms with van der Waals surface area (Å²) in [4.78, 5) is 2.22. The Labute approximate surface area is 151 Å². The third kappa shape index (κ3) is 4.18. The first-order valence-corrected chi connectivity index (χ1v) is 9.58. The van der Waals surface area contributed by atoms with Gasteiger partial charge in [0.05, 0.1) is 23.4 Å². The van der Waals surface area contributed by atoms with E-state index >= 15 is 0 Å². The zero-order valence-electron chi connectivity index (χ0n) is 13.5. The van der Waals surface area contributed by atoms with Crippen LogP contribution >= 0.6 is 12.2 Å². The van der Waals surface area contributed by atoms with Gasteiger partial charge in [-0.2, -0.15) is 0 Å². The Balaban J connectivity index is 1.82. The van der Waals surface area contributed by atoms with Gasteiger partial charge < -0.3 is 10.2 Å². The number of rotatable bonds is 4. The Morgan fingerprint density at radius 2 is 1.96 bits per heavy atom. The zero-order valence-corrected chi connectivity index (χ0v) is 15.2. The quantitative estimate of drug-likeness (QED) is 0.806. The van der Waals surface area contributed by atoms with E-state index in [1.54, 1.807) is 18.0 Å². The van der Waals surface area contributed by atoms with E-state index in [0.717, 1.165) is 0 Å². The second kappa shape index (κ2) is 7.52. The molecule has 1 saturated heterocycles. The first-order chi connectivity index (χ1) is 11.9. The summed E-state index contributed by atoms with van der Waals surface area (Å²) in [5, 5.41) is 10.8. The summed E-state index contributed by atoms with van der Waals surface area (Å²) < 4.78 is 41.7. The summed E-state index contributed by atoms with van der Waals surface area (Å²) >= 11 is 4.92. The third-order valence-electron chi connectivity index (χ3n) is 3.82. The van der Waals surface area contributed by atoms with Crippen LogP contribution in [0, 0.1) is 11.6 Å². The lowest BCUT2D eigenvalue weighted by Gasteiger charge is -2.29. The van der Waals surface area contributed by atoms with E-state index < -0.39 is 22.4 Å². The molecule has 0 radical (unpaired) electrons. The van der Waals surface area contributed by atoms with Crippen molar-refractivity contribution in [3.05, 3.63) is 35.7 Å². The average molecular weight is 385 g/mol. The molecule has 25 heavy (non-hydrogen) atoms. The standard InChI is InChI=1S/C15H17F2N5OS2/c1-10(24)18-8-11-9-22(20-19-11)12-6-13(16)15(14(17)7-12)21-2-4-25(23)5-3-21/h6-7,9H,2-5,8H2,1H3,(H,18,24). The lowest BCUT2D eigenvalue weighted by atomic mass is 10.2. The number of hydrogen-bond donors (Lipinski definition) is 1. The van der Waals surface area contributed by atoms with Crippen molar-refractivity contribution in [1.29, 1.82) is 0 Å². The number of aromatic nitrogens is 3. The van der Waals surface area contributed by atoms with Crippen molar-refractivity contribution in [3.63, 3.8) is 0 Å². The second-order valence-electron chi connectivity index (χ2n) is 5.66. The first-order valence-electron chi connectivity index (χ1n) is 7.69. The highest BCUT2D eigenvalue weighted by molar-refractivity contribution is 7.85. The fourth-order valence-electron chi connectivity index (χ4n) is 2.57. The Kier molecular flexibility index (Phi) is 5.38. The molecule has 1 aliphatic rings. The van der Waals surface area contributed by atoms with Crippen LogP contribution in [0.4, 0.5) is 14.5 Å². The molecule has 2 aromatic rings. The van der Waals surface area contributed by atoms with Crippen LogP contribution in [0.2, 0.25) is 0 Å². The molecule has 0 aliphatic carbocycles. The molecule has 134 valence electrons. The fourth-order valence-corrected chi connectivity index (χ4v) is 3.69. The smallest absolute Gasteiger partial charge is 0.151 e. The molecule has 1 aromatic carbocycles. The van der Waals surface area contributed by atoms with Crippen LogP contribution in [0.1, 0.15) is 12.6 Å². The lowest BCUT2D eigenvalue weighted by Crippen LogP contribution is -2.38. The number of benzene rings is 1. The predicted molar refractivity (Wildman–Crippen MR) is 96.5 cm³/mol. The van der Waals surface area contributed by atoms with E-state index in [0.29, 0.717) is 41.8 Å². The SMILES string of the molecule is CC(=S)NCc1cn(-c2cc(F)c(N3CCS(=O)CC3)c(F)c2)nn1. The van der Waals surface area contributed by atoms with Gasteiger partial charge >= 0.3 is 0 Å². The molecule has 1 fully saturated rings. The van der Waals surface area contributed by atoms with Gasteiger partial charge in [-0.1, -0.05) is 17.4 Å². The monoisotopic (exact) mass is 385 g/mol. The maximum Gasteiger partial charge on any atom is 0.151 e. The third-order valence-corrected chi connectivity index (χ3v) is 5.24. The van der Waals surface area contributed by atoms with E-state index in [1.807, 2.05) is 0 Å². The van der Waals surface area contributed by atoms with Crippen molar-refractivity contribution in [2.45, 2.75) is 13.5 Å². The lowest BCUT2D eigenvalue weighted by molar-refractivity contribution is 0.568. The molecule has 0 unspecified atom stereocenters. The summed E-state index contributed by atoms with van der Waals surface area (Å²) in [7, 11) is -0.909. The predicted octanol–water partition coefficient (Wildman–Crippen LogP) is 1.55. The minimum Gasteiger partial charge on any atom is -0.374 e. The summed E-state index contributed by atoms with van der Waals surface area (Å²) in [5.74, 6) is -0.515. The van der Waals surface area contributed by atoms with Crippen molar-refractivity contribution < 1.29 is 13.0 Å². The Bertz CT molecular complexity index is 793. The Morgan fingerprint density at radius 3 is 2.56 bits per heavy atom. The minimum absolute atomic E-state index is 0.0845. The summed E-state index contributed by atoms with van der Waals surface area (Å²) in [6, 6.07) is 2.45. The molecule has 1 aliphatic heterocycles. The van der Waals surface area contributed by atoms with Gasteiger partial charge in [0, 0.05) is 47.5 Å². The number of thiocarbonyl (C=S) groups is 1. The molecule has 0 bridgehead atoms. The normalized spacial score (nSPS) is 15.4. The Morgan fingerprint density at radius 1 is 1.32 bits per heavy atom. The van der Waals surface area contributed by atoms with Gasteiger partial charge in [0.1, 0.15) is 11.4 Å². The largest absolute Gasteiger partial charge is 0.374 e. The molecule has 0 atom stereocenters. The van der Waals surface area contributed by atoms with Crippen LogP contribution in [0.5, 0.6) is 0 Å². The number of halogens is 2. The van der Waals surface area contributed by atoms with Crippen molar-refractivity contribution in [1.82, 2.24) is 20.3 Å². The number of nitrogens with zero attached hydrogens (tertiary/aromatic N) is 4. The van der Waals surface area contributed by atoms with Crippen molar-refractivity contribution in [2.24, 2.45) is 0 Å². The molecule has 0 saturated carbocycles. The van der Waals surface area contributed by atoms with Crippen molar-refractivity contribution in [3.8, 4) is 5.69 Å². The summed E-state index contributed by atoms with van der Waals surface area (Å²) in [5.41, 5.74) is 0.767. The highest BCUT2D eigenvalue weighted by Gasteiger charge is 2.23. The maximum atomic E-state index is 14.5. The van der Waals surface area contributed by atoms with Gasteiger partial charge in [0.2, 0.25) is 0 Å². The maximum absolute atomic E-state index is 14.5. The number of hydrogen-bond acceptors (Lipinski definition) is 5. The van der Waals surface area contributed by atoms with E-state index in [4.69, 9.17) is 12.2 Å². The second-order valence-corrected chi connectivity index (χ2v) is 7.97. The van der Waals surface area contributed by atoms with E-state index in [9.17, 15) is 13.0 Å². The average Bonchev–Trinajstić information content (AvgIpc) is 3.03. The topological polar surface area (TPSA) is 63.1 Å². The van der Waals surface area contributed by atoms with Crippen LogP contribution < -0.4 is 10.2 Å². The molecule has 0 spiro atoms. The van der Waals surface area contributed by atoms with E-state index in [1.165, 1.54) is 16.8 Å². The summed E-state index contributed by atoms with van der Waals surface area (Å²) in [6.45, 7) is 2.88. The van der Waals surface area contributed by atoms with Crippen LogP contribution in [0.15, 0.2) is 18.3 Å². The molecule has 0 amide bonds. The van der Waals surface area contributed by atoms with Gasteiger partial charge in [0.15, 0.2) is 11.6 Å². The van der Waals surface area contributed by atoms with Crippen LogP contribution in [0.3, 0.4) is 0 Å². The highest BCUT2D eigenvalue weighted by Crippen LogP contribution is 2.27. The first kappa shape index (κ1) is 17.9. The van der Waals surface area contributed by atoms with Crippen LogP contribution in [0.25, 0.3) is 5.69 Å². The molecule has 1 N–H and O–H groups in total. The molecule has 6 nitrogen and oxygen atoms in total. The van der Waals surface area contributed by atoms with Gasteiger partial charge in [0.25, 0.3) is 0 Å². The Hall–Kier alpha value is -1.94. The van der Waals surface area contributed by atoms with Gasteiger partial charge in [-0.25, -0.2) is 13.5 Å². The fraction of sp³-hybridized carbons (Fsp3) is 0.400. The van der Waals surface area contributed by atoms with Gasteiger partial charge in [-0.3, -0.25) is 4.21 Å². The highest BCUT2D eigenvalue weighted by atomic mass is 32.2. The van der Waals surface area contributed by atoms with E-state index in [-0.39, 0.29) is 11.4 Å². The minimum atomic E-state index is -0.909. The van der Waals surface area contributed by atoms with Crippen molar-refractivity contribution >= 4 is 33.7 Å². The number of anilines is 1. The summed E-state index contributed by atoms with van der Waals surface area (Å²) in [6.07, 6.45) is 1.59. The van der Waals surface area contributed by atoms with Gasteiger partial charge in [-0.15, -0.1) is 5.10 Å². The van der Waals surface area contributed by atoms with Gasteiger partial charge in [-0.05, 0) is 6.92 Å². The molecule has 10 heteroatoms. The molecular formula is C15H17F2N5OS2. The molecule has 1 aromatic heterocycles. The molecule has 3 rings (SSSR count). The van der Waals surface area contributed by atoms with Crippen molar-refractivity contribution in [2.75, 3.05) is 29.5 Å². The van der Waals surface area contributed by atoms with Crippen LogP contribution in [-0.2, 0) is 17.3 Å². The van der Waals surface area contributed by atoms with E-state index in [2.05, 4.69) is 15.6 Å².